The van der Waals surface area contributed by atoms with Crippen molar-refractivity contribution < 1.29 is 0 Å². The van der Waals surface area contributed by atoms with E-state index in [4.69, 9.17) is 5.73 Å². The first-order valence-electron chi connectivity index (χ1n) is 17.2. The largest absolute Gasteiger partial charge is 0.326 e. The number of rotatable bonds is 7. The Hall–Kier alpha value is -6.35. The van der Waals surface area contributed by atoms with Gasteiger partial charge in [0.15, 0.2) is 0 Å². The molecule has 7 aromatic carbocycles. The smallest absolute Gasteiger partial charge is 0.0629 e. The zero-order chi connectivity index (χ0) is 33.4. The Bertz CT molecular complexity index is 2490. The van der Waals surface area contributed by atoms with Gasteiger partial charge in [0.2, 0.25) is 0 Å². The van der Waals surface area contributed by atoms with Crippen molar-refractivity contribution in [3.8, 4) is 55.6 Å². The fourth-order valence-electron chi connectivity index (χ4n) is 7.74. The van der Waals surface area contributed by atoms with Crippen LogP contribution in [0.3, 0.4) is 0 Å². The summed E-state index contributed by atoms with van der Waals surface area (Å²) in [7, 11) is 0. The van der Waals surface area contributed by atoms with Gasteiger partial charge in [-0.05, 0) is 107 Å². The number of nitrogens with two attached hydrogens (primary N) is 1. The Labute approximate surface area is 292 Å². The molecule has 50 heavy (non-hydrogen) atoms. The predicted octanol–water partition coefficient (Wildman–Crippen LogP) is 12.1. The fraction of sp³-hybridized carbons (Fsp3) is 0.0208. The monoisotopic (exact) mass is 638 g/mol. The van der Waals surface area contributed by atoms with E-state index >= 15 is 0 Å². The summed E-state index contributed by atoms with van der Waals surface area (Å²) in [6.07, 6.45) is 7.91. The Kier molecular flexibility index (Phi) is 7.50. The summed E-state index contributed by atoms with van der Waals surface area (Å²) in [6, 6.07) is 56.9. The minimum absolute atomic E-state index is 0.451. The number of pyridine rings is 1. The van der Waals surface area contributed by atoms with Gasteiger partial charge in [-0.25, -0.2) is 0 Å². The van der Waals surface area contributed by atoms with Gasteiger partial charge < -0.3 is 5.73 Å². The number of benzene rings is 7. The van der Waals surface area contributed by atoms with E-state index in [1.54, 1.807) is 6.20 Å². The molecule has 1 aromatic heterocycles. The van der Waals surface area contributed by atoms with E-state index in [0.717, 1.165) is 16.8 Å². The molecule has 1 aliphatic rings. The molecule has 1 aliphatic carbocycles. The van der Waals surface area contributed by atoms with Crippen LogP contribution in [-0.4, -0.2) is 11.5 Å². The first-order valence-corrected chi connectivity index (χ1v) is 17.2. The molecule has 9 rings (SSSR count). The summed E-state index contributed by atoms with van der Waals surface area (Å²) in [5.41, 5.74) is 22.0. The van der Waals surface area contributed by atoms with Gasteiger partial charge in [-0.15, -0.1) is 0 Å². The Morgan fingerprint density at radius 3 is 1.68 bits per heavy atom. The third-order valence-corrected chi connectivity index (χ3v) is 9.96. The van der Waals surface area contributed by atoms with Crippen molar-refractivity contribution in [2.24, 2.45) is 5.73 Å². The van der Waals surface area contributed by atoms with Gasteiger partial charge in [-0.1, -0.05) is 158 Å². The van der Waals surface area contributed by atoms with Crippen molar-refractivity contribution >= 4 is 33.2 Å². The van der Waals surface area contributed by atoms with Crippen LogP contribution < -0.4 is 5.73 Å². The van der Waals surface area contributed by atoms with Gasteiger partial charge >= 0.3 is 0 Å². The van der Waals surface area contributed by atoms with Crippen LogP contribution >= 0.6 is 0 Å². The summed E-state index contributed by atoms with van der Waals surface area (Å²) in [6.45, 7) is 0.451. The predicted molar refractivity (Wildman–Crippen MR) is 212 cm³/mol. The molecule has 8 aromatic rings. The van der Waals surface area contributed by atoms with Crippen molar-refractivity contribution in [2.45, 2.75) is 0 Å². The highest BCUT2D eigenvalue weighted by atomic mass is 14.6. The summed E-state index contributed by atoms with van der Waals surface area (Å²) >= 11 is 0. The molecule has 0 unspecified atom stereocenters. The number of hydrogen-bond donors (Lipinski definition) is 1. The second-order valence-electron chi connectivity index (χ2n) is 12.8. The van der Waals surface area contributed by atoms with Gasteiger partial charge in [0.1, 0.15) is 0 Å². The third-order valence-electron chi connectivity index (χ3n) is 9.96. The van der Waals surface area contributed by atoms with Crippen molar-refractivity contribution in [3.05, 3.63) is 187 Å². The molecule has 2 N–H and O–H groups in total. The van der Waals surface area contributed by atoms with Crippen molar-refractivity contribution in [1.82, 2.24) is 4.98 Å². The summed E-state index contributed by atoms with van der Waals surface area (Å²) in [5.74, 6) is 0. The molecule has 0 amide bonds. The molecule has 1 heterocycles. The number of fused-ring (bicyclic) bond motifs is 4. The highest BCUT2D eigenvalue weighted by Gasteiger charge is 2.31. The van der Waals surface area contributed by atoms with Crippen molar-refractivity contribution in [1.29, 1.82) is 0 Å². The van der Waals surface area contributed by atoms with Crippen LogP contribution in [-0.2, 0) is 0 Å². The lowest BCUT2D eigenvalue weighted by Crippen LogP contribution is -2.02. The van der Waals surface area contributed by atoms with Crippen LogP contribution in [0, 0.1) is 0 Å². The van der Waals surface area contributed by atoms with Crippen LogP contribution in [0.15, 0.2) is 176 Å². The number of allylic oxidation sites excluding steroid dienone is 2. The number of nitrogens with zero attached hydrogens (tertiary/aromatic N) is 1. The van der Waals surface area contributed by atoms with E-state index < -0.39 is 0 Å². The van der Waals surface area contributed by atoms with Crippen LogP contribution in [0.25, 0.3) is 88.8 Å². The first kappa shape index (κ1) is 29.8. The maximum atomic E-state index is 6.22. The molecule has 0 saturated heterocycles. The van der Waals surface area contributed by atoms with Crippen LogP contribution in [0.1, 0.15) is 11.3 Å². The molecular weight excluding hydrogens is 605 g/mol. The molecular formula is C48H34N2. The Morgan fingerprint density at radius 2 is 1.06 bits per heavy atom. The topological polar surface area (TPSA) is 38.9 Å². The second kappa shape index (κ2) is 12.6. The van der Waals surface area contributed by atoms with E-state index in [1.165, 1.54) is 77.2 Å². The lowest BCUT2D eigenvalue weighted by molar-refractivity contribution is 1.26. The lowest BCUT2D eigenvalue weighted by atomic mass is 9.82. The van der Waals surface area contributed by atoms with E-state index in [2.05, 4.69) is 151 Å². The molecule has 0 bridgehead atoms. The van der Waals surface area contributed by atoms with E-state index in [1.807, 2.05) is 30.4 Å². The fourth-order valence-corrected chi connectivity index (χ4v) is 7.74. The molecule has 2 nitrogen and oxygen atoms in total. The molecule has 0 atom stereocenters. The minimum Gasteiger partial charge on any atom is -0.326 e. The number of aromatic nitrogens is 1. The van der Waals surface area contributed by atoms with E-state index in [-0.39, 0.29) is 0 Å². The lowest BCUT2D eigenvalue weighted by Gasteiger charge is -2.20. The van der Waals surface area contributed by atoms with E-state index in [9.17, 15) is 0 Å². The van der Waals surface area contributed by atoms with Gasteiger partial charge in [-0.3, -0.25) is 4.98 Å². The van der Waals surface area contributed by atoms with Gasteiger partial charge in [-0.2, -0.15) is 0 Å². The van der Waals surface area contributed by atoms with E-state index in [0.29, 0.717) is 6.54 Å². The number of hydrogen-bond acceptors (Lipinski definition) is 2. The van der Waals surface area contributed by atoms with Crippen LogP contribution in [0.4, 0.5) is 0 Å². The first-order chi connectivity index (χ1) is 24.8. The highest BCUT2D eigenvalue weighted by molar-refractivity contribution is 6.28. The maximum absolute atomic E-state index is 6.22. The van der Waals surface area contributed by atoms with Crippen LogP contribution in [0.5, 0.6) is 0 Å². The SMILES string of the molecule is NC/C(=C\C=C\c1ccccn1)c1ccc(-c2ccc3c4c(cccc24)-c2c-3c(-c3ccccc3)c3ccccc3c2-c2ccccc2)cc1. The average molecular weight is 639 g/mol. The third kappa shape index (κ3) is 4.97. The molecule has 0 radical (unpaired) electrons. The molecule has 2 heteroatoms. The molecule has 0 spiro atoms. The maximum Gasteiger partial charge on any atom is 0.0629 e. The standard InChI is InChI=1S/C48H34N2/c49-31-36(17-11-19-37-18-9-10-30-50-37)32-24-26-33(27-25-32)38-28-29-43-46-39(38)22-12-23-42(46)47-44(34-13-3-1-4-14-34)40-20-7-8-21-41(40)45(48(43)47)35-15-5-2-6-16-35/h1-30H,31,49H2/b19-11+,36-17+. The Balaban J connectivity index is 1.22. The van der Waals surface area contributed by atoms with Crippen molar-refractivity contribution in [3.63, 3.8) is 0 Å². The van der Waals surface area contributed by atoms with Crippen LogP contribution in [0.2, 0.25) is 0 Å². The highest BCUT2D eigenvalue weighted by Crippen LogP contribution is 2.58. The normalized spacial score (nSPS) is 12.2. The summed E-state index contributed by atoms with van der Waals surface area (Å²) in [5, 5.41) is 5.13. The zero-order valence-electron chi connectivity index (χ0n) is 27.6. The van der Waals surface area contributed by atoms with Gasteiger partial charge in [0.25, 0.3) is 0 Å². The van der Waals surface area contributed by atoms with Gasteiger partial charge in [0.05, 0.1) is 5.69 Å². The molecule has 0 aliphatic heterocycles. The minimum atomic E-state index is 0.451. The van der Waals surface area contributed by atoms with Gasteiger partial charge in [0, 0.05) is 12.7 Å². The molecule has 0 saturated carbocycles. The summed E-state index contributed by atoms with van der Waals surface area (Å²) < 4.78 is 0. The molecule has 236 valence electrons. The summed E-state index contributed by atoms with van der Waals surface area (Å²) in [4.78, 5) is 4.38. The van der Waals surface area contributed by atoms with Crippen molar-refractivity contribution in [2.75, 3.05) is 6.54 Å². The quantitative estimate of drug-likeness (QED) is 0.176. The zero-order valence-corrected chi connectivity index (χ0v) is 27.6. The average Bonchev–Trinajstić information content (AvgIpc) is 3.51. The second-order valence-corrected chi connectivity index (χ2v) is 12.8. The molecule has 0 fully saturated rings. The Morgan fingerprint density at radius 1 is 0.480 bits per heavy atom.